The number of carbonyl (C=O) groups excluding carboxylic acids is 2. The Bertz CT molecular complexity index is 1100. The molecule has 2 saturated heterocycles. The lowest BCUT2D eigenvalue weighted by atomic mass is 10.0. The largest absolute Gasteiger partial charge is 0.468 e. The molecule has 0 spiro atoms. The molecule has 202 valence electrons. The summed E-state index contributed by atoms with van der Waals surface area (Å²) in [6.45, 7) is 9.17. The van der Waals surface area contributed by atoms with Crippen molar-refractivity contribution in [1.29, 1.82) is 0 Å². The maximum Gasteiger partial charge on any atom is 0.243 e. The zero-order valence-electron chi connectivity index (χ0n) is 22.2. The van der Waals surface area contributed by atoms with E-state index in [1.807, 2.05) is 63.3 Å². The summed E-state index contributed by atoms with van der Waals surface area (Å²) in [6, 6.07) is 8.09. The van der Waals surface area contributed by atoms with Crippen molar-refractivity contribution in [3.05, 3.63) is 85.0 Å². The lowest BCUT2D eigenvalue weighted by Gasteiger charge is -2.28. The number of nitrogens with zero attached hydrogens (tertiary/aromatic N) is 3. The monoisotopic (exact) mass is 536 g/mol. The number of thioether (sulfide) groups is 1. The van der Waals surface area contributed by atoms with Gasteiger partial charge in [0.15, 0.2) is 5.17 Å². The van der Waals surface area contributed by atoms with Crippen LogP contribution in [0, 0.1) is 5.92 Å². The van der Waals surface area contributed by atoms with E-state index in [4.69, 9.17) is 14.5 Å². The molecule has 2 aliphatic rings. The van der Waals surface area contributed by atoms with Crippen LogP contribution >= 0.6 is 11.8 Å². The molecule has 2 fully saturated rings. The van der Waals surface area contributed by atoms with Crippen molar-refractivity contribution < 1.29 is 19.1 Å². The number of ether oxygens (including phenoxy) is 2. The number of rotatable bonds is 12. The molecule has 3 rings (SSSR count). The summed E-state index contributed by atoms with van der Waals surface area (Å²) in [7, 11) is 0. The molecule has 1 aromatic carbocycles. The van der Waals surface area contributed by atoms with E-state index in [-0.39, 0.29) is 23.6 Å². The number of amides is 2. The number of benzene rings is 1. The molecule has 2 atom stereocenters. The molecule has 2 heterocycles. The summed E-state index contributed by atoms with van der Waals surface area (Å²) in [5.41, 5.74) is 1.91. The van der Waals surface area contributed by atoms with E-state index >= 15 is 0 Å². The van der Waals surface area contributed by atoms with E-state index in [0.717, 1.165) is 37.7 Å². The van der Waals surface area contributed by atoms with Crippen LogP contribution in [-0.2, 0) is 19.1 Å². The van der Waals surface area contributed by atoms with Crippen LogP contribution in [0.5, 0.6) is 0 Å². The van der Waals surface area contributed by atoms with Crippen LogP contribution in [0.3, 0.4) is 0 Å². The molecule has 2 amide bonds. The van der Waals surface area contributed by atoms with E-state index in [2.05, 4.69) is 22.3 Å². The topological polar surface area (TPSA) is 83.5 Å². The maximum atomic E-state index is 13.7. The van der Waals surface area contributed by atoms with Crippen molar-refractivity contribution in [2.24, 2.45) is 10.9 Å². The van der Waals surface area contributed by atoms with Gasteiger partial charge in [0, 0.05) is 30.9 Å². The van der Waals surface area contributed by atoms with E-state index in [0.29, 0.717) is 17.3 Å². The van der Waals surface area contributed by atoms with Gasteiger partial charge in [0.25, 0.3) is 0 Å². The normalized spacial score (nSPS) is 21.0. The van der Waals surface area contributed by atoms with Crippen molar-refractivity contribution in [3.63, 3.8) is 0 Å². The molecule has 9 heteroatoms. The molecule has 8 nitrogen and oxygen atoms in total. The minimum absolute atomic E-state index is 0.0372. The van der Waals surface area contributed by atoms with Crippen molar-refractivity contribution in [3.8, 4) is 0 Å². The number of allylic oxidation sites excluding steroid dienone is 7. The predicted molar refractivity (Wildman–Crippen MR) is 155 cm³/mol. The van der Waals surface area contributed by atoms with Gasteiger partial charge >= 0.3 is 0 Å². The fraction of sp³-hybridized carbons (Fsp3) is 0.345. The minimum Gasteiger partial charge on any atom is -0.468 e. The van der Waals surface area contributed by atoms with Gasteiger partial charge in [-0.25, -0.2) is 4.99 Å². The third kappa shape index (κ3) is 8.22. The van der Waals surface area contributed by atoms with Crippen molar-refractivity contribution in [1.82, 2.24) is 10.2 Å². The highest BCUT2D eigenvalue weighted by Gasteiger charge is 2.41. The van der Waals surface area contributed by atoms with Crippen LogP contribution in [0.4, 0.5) is 11.4 Å². The quantitative estimate of drug-likeness (QED) is 0.177. The van der Waals surface area contributed by atoms with Gasteiger partial charge in [0.2, 0.25) is 12.3 Å². The molecule has 2 aliphatic heterocycles. The van der Waals surface area contributed by atoms with E-state index < -0.39 is 0 Å². The second kappa shape index (κ2) is 15.6. The number of anilines is 1. The molecule has 0 aromatic heterocycles. The van der Waals surface area contributed by atoms with Crippen LogP contribution in [-0.4, -0.2) is 60.5 Å². The third-order valence-electron chi connectivity index (χ3n) is 5.88. The first-order valence-electron chi connectivity index (χ1n) is 12.7. The molecule has 0 aliphatic carbocycles. The molecular formula is C29H36N4O4S. The molecule has 0 radical (unpaired) electrons. The van der Waals surface area contributed by atoms with Crippen molar-refractivity contribution >= 4 is 40.6 Å². The van der Waals surface area contributed by atoms with Crippen molar-refractivity contribution in [2.45, 2.75) is 26.0 Å². The summed E-state index contributed by atoms with van der Waals surface area (Å²) in [4.78, 5) is 33.0. The fourth-order valence-corrected chi connectivity index (χ4v) is 5.19. The van der Waals surface area contributed by atoms with E-state index in [1.54, 1.807) is 23.3 Å². The fourth-order valence-electron chi connectivity index (χ4n) is 3.96. The first-order chi connectivity index (χ1) is 18.6. The van der Waals surface area contributed by atoms with Crippen LogP contribution < -0.4 is 10.2 Å². The molecule has 0 bridgehead atoms. The molecule has 38 heavy (non-hydrogen) atoms. The molecular weight excluding hydrogens is 500 g/mol. The van der Waals surface area contributed by atoms with Crippen LogP contribution in [0.2, 0.25) is 0 Å². The number of hydrogen-bond donors (Lipinski definition) is 1. The number of hydrogen-bond acceptors (Lipinski definition) is 7. The highest BCUT2D eigenvalue weighted by Crippen LogP contribution is 2.36. The van der Waals surface area contributed by atoms with Gasteiger partial charge in [-0.15, -0.1) is 0 Å². The number of nitrogens with one attached hydrogen (secondary N) is 1. The van der Waals surface area contributed by atoms with Gasteiger partial charge in [-0.3, -0.25) is 14.5 Å². The standard InChI is InChI=1S/C29H36N4O4S/c1-4-9-23(10-7-8-15-30-22-34)27-28(35)33(21-26(6-3)37-18-5-2)29(38-27)31-24-11-13-25(14-12-24)32-16-19-36-20-17-32/h4-15,18,22-23,27H,16-17,19-21H2,1-3H3,(H,30,34)/b9-4-,10-7?,15-8+,18-5-,26-6-,31-29?. The van der Waals surface area contributed by atoms with Gasteiger partial charge in [-0.2, -0.15) is 0 Å². The number of morpholine rings is 1. The summed E-state index contributed by atoms with van der Waals surface area (Å²) in [6.07, 6.45) is 16.8. The first-order valence-corrected chi connectivity index (χ1v) is 13.6. The Hall–Kier alpha value is -3.56. The minimum atomic E-state index is -0.388. The summed E-state index contributed by atoms with van der Waals surface area (Å²) in [5.74, 6) is 0.460. The van der Waals surface area contributed by atoms with Crippen LogP contribution in [0.1, 0.15) is 20.8 Å². The number of amidine groups is 1. The Balaban J connectivity index is 1.88. The molecule has 1 aromatic rings. The SMILES string of the molecule is C/C=C\O/C(=C\C)CN1C(=O)C(C(C=C/C=C/NC=O)/C=C\C)SC1=Nc1ccc(N2CCOCC2)cc1. The number of aliphatic imine (C=N–C) groups is 1. The lowest BCUT2D eigenvalue weighted by Crippen LogP contribution is -2.36. The highest BCUT2D eigenvalue weighted by molar-refractivity contribution is 8.15. The van der Waals surface area contributed by atoms with Gasteiger partial charge < -0.3 is 19.7 Å². The Morgan fingerprint density at radius 1 is 1.16 bits per heavy atom. The first kappa shape index (κ1) is 29.0. The molecule has 2 unspecified atom stereocenters. The smallest absolute Gasteiger partial charge is 0.243 e. The number of carbonyl (C=O) groups is 2. The second-order valence-electron chi connectivity index (χ2n) is 8.45. The zero-order chi connectivity index (χ0) is 27.2. The average molecular weight is 537 g/mol. The summed E-state index contributed by atoms with van der Waals surface area (Å²) < 4.78 is 11.2. The van der Waals surface area contributed by atoms with Gasteiger partial charge in [0.1, 0.15) is 11.0 Å². The van der Waals surface area contributed by atoms with Gasteiger partial charge in [-0.1, -0.05) is 42.1 Å². The Morgan fingerprint density at radius 2 is 1.92 bits per heavy atom. The third-order valence-corrected chi connectivity index (χ3v) is 7.18. The van der Waals surface area contributed by atoms with Crippen LogP contribution in [0.25, 0.3) is 0 Å². The highest BCUT2D eigenvalue weighted by atomic mass is 32.2. The van der Waals surface area contributed by atoms with Gasteiger partial charge in [0.05, 0.1) is 31.7 Å². The lowest BCUT2D eigenvalue weighted by molar-refractivity contribution is -0.126. The molecule has 1 N–H and O–H groups in total. The zero-order valence-corrected chi connectivity index (χ0v) is 23.0. The molecule has 0 saturated carbocycles. The van der Waals surface area contributed by atoms with Crippen LogP contribution in [0.15, 0.2) is 90.0 Å². The Kier molecular flexibility index (Phi) is 11.9. The average Bonchev–Trinajstić information content (AvgIpc) is 3.25. The Morgan fingerprint density at radius 3 is 2.58 bits per heavy atom. The predicted octanol–water partition coefficient (Wildman–Crippen LogP) is 4.92. The van der Waals surface area contributed by atoms with E-state index in [9.17, 15) is 9.59 Å². The van der Waals surface area contributed by atoms with E-state index in [1.165, 1.54) is 18.0 Å². The second-order valence-corrected chi connectivity index (χ2v) is 9.56. The van der Waals surface area contributed by atoms with Crippen molar-refractivity contribution in [2.75, 3.05) is 37.7 Å². The van der Waals surface area contributed by atoms with Gasteiger partial charge in [-0.05, 0) is 57.2 Å². The summed E-state index contributed by atoms with van der Waals surface area (Å²) in [5, 5.41) is 2.72. The maximum absolute atomic E-state index is 13.7. The Labute approximate surface area is 229 Å². The summed E-state index contributed by atoms with van der Waals surface area (Å²) >= 11 is 1.45.